The Morgan fingerprint density at radius 3 is 1.96 bits per heavy atom. The van der Waals surface area contributed by atoms with Gasteiger partial charge in [0.2, 0.25) is 0 Å². The van der Waals surface area contributed by atoms with E-state index in [9.17, 15) is 24.6 Å². The van der Waals surface area contributed by atoms with Crippen molar-refractivity contribution in [2.45, 2.75) is 18.6 Å². The lowest BCUT2D eigenvalue weighted by molar-refractivity contribution is -0.189. The molecular formula is C18H12O5. The molecule has 0 aliphatic heterocycles. The number of Topliss-reactive ketones (excluding diaryl/α,β-unsaturated/α-hetero) is 1. The van der Waals surface area contributed by atoms with Crippen LogP contribution in [0.25, 0.3) is 0 Å². The fourth-order valence-corrected chi connectivity index (χ4v) is 3.29. The summed E-state index contributed by atoms with van der Waals surface area (Å²) in [6, 6.07) is 9.31. The van der Waals surface area contributed by atoms with E-state index in [1.165, 1.54) is 12.1 Å². The van der Waals surface area contributed by atoms with Gasteiger partial charge in [-0.25, -0.2) is 0 Å². The number of hydrogen-bond acceptors (Lipinski definition) is 5. The molecule has 0 unspecified atom stereocenters. The molecule has 0 spiro atoms. The van der Waals surface area contributed by atoms with Crippen molar-refractivity contribution in [3.8, 4) is 0 Å². The van der Waals surface area contributed by atoms with Crippen molar-refractivity contribution in [2.24, 2.45) is 0 Å². The molecule has 2 aliphatic rings. The van der Waals surface area contributed by atoms with Crippen LogP contribution >= 0.6 is 0 Å². The Hall–Kier alpha value is -2.63. The van der Waals surface area contributed by atoms with Crippen molar-refractivity contribution in [3.05, 3.63) is 69.8 Å². The summed E-state index contributed by atoms with van der Waals surface area (Å²) in [6.07, 6.45) is 0.297. The van der Waals surface area contributed by atoms with Crippen LogP contribution in [-0.4, -0.2) is 27.6 Å². The topological polar surface area (TPSA) is 91.7 Å². The highest BCUT2D eigenvalue weighted by Gasteiger charge is 2.42. The Bertz CT molecular complexity index is 908. The van der Waals surface area contributed by atoms with Crippen LogP contribution in [0.3, 0.4) is 0 Å². The fraction of sp³-hybridized carbons (Fsp3) is 0.167. The Morgan fingerprint density at radius 1 is 0.783 bits per heavy atom. The van der Waals surface area contributed by atoms with Crippen LogP contribution in [0, 0.1) is 0 Å². The number of rotatable bonds is 0. The molecule has 2 N–H and O–H groups in total. The van der Waals surface area contributed by atoms with E-state index in [4.69, 9.17) is 0 Å². The molecule has 0 saturated heterocycles. The van der Waals surface area contributed by atoms with Gasteiger partial charge in [-0.1, -0.05) is 24.3 Å². The maximum absolute atomic E-state index is 12.6. The molecule has 2 aromatic carbocycles. The number of aliphatic hydroxyl groups is 2. The first kappa shape index (κ1) is 14.0. The third kappa shape index (κ3) is 1.78. The van der Waals surface area contributed by atoms with Crippen molar-refractivity contribution >= 4 is 17.3 Å². The van der Waals surface area contributed by atoms with E-state index in [0.717, 1.165) is 0 Å². The van der Waals surface area contributed by atoms with Crippen LogP contribution in [0.4, 0.5) is 0 Å². The molecule has 0 atom stereocenters. The molecule has 0 radical (unpaired) electrons. The van der Waals surface area contributed by atoms with E-state index in [1.807, 2.05) is 0 Å². The summed E-state index contributed by atoms with van der Waals surface area (Å²) in [5.41, 5.74) is 1.48. The monoisotopic (exact) mass is 308 g/mol. The lowest BCUT2D eigenvalue weighted by Gasteiger charge is -2.30. The number of ketones is 3. The molecule has 0 bridgehead atoms. The molecule has 114 valence electrons. The quantitative estimate of drug-likeness (QED) is 0.607. The second-order valence-corrected chi connectivity index (χ2v) is 5.85. The molecule has 0 saturated carbocycles. The largest absolute Gasteiger partial charge is 0.356 e. The Balaban J connectivity index is 1.99. The lowest BCUT2D eigenvalue weighted by Crippen LogP contribution is -2.40. The van der Waals surface area contributed by atoms with E-state index in [2.05, 4.69) is 0 Å². The van der Waals surface area contributed by atoms with Crippen LogP contribution in [0.2, 0.25) is 0 Å². The number of aryl methyl sites for hydroxylation is 1. The number of benzene rings is 2. The molecule has 0 amide bonds. The minimum Gasteiger partial charge on any atom is -0.356 e. The fourth-order valence-electron chi connectivity index (χ4n) is 3.29. The van der Waals surface area contributed by atoms with Crippen molar-refractivity contribution in [3.63, 3.8) is 0 Å². The maximum atomic E-state index is 12.6. The normalized spacial score (nSPS) is 18.3. The molecular weight excluding hydrogens is 296 g/mol. The molecule has 0 aromatic heterocycles. The summed E-state index contributed by atoms with van der Waals surface area (Å²) in [4.78, 5) is 37.0. The first-order chi connectivity index (χ1) is 10.9. The third-order valence-electron chi connectivity index (χ3n) is 4.53. The molecule has 5 nitrogen and oxygen atoms in total. The first-order valence-electron chi connectivity index (χ1n) is 7.25. The predicted octanol–water partition coefficient (Wildman–Crippen LogP) is 1.11. The average Bonchev–Trinajstić information content (AvgIpc) is 2.55. The predicted molar refractivity (Wildman–Crippen MR) is 79.2 cm³/mol. The minimum atomic E-state index is -2.61. The van der Waals surface area contributed by atoms with Gasteiger partial charge in [-0.15, -0.1) is 0 Å². The first-order valence-corrected chi connectivity index (χ1v) is 7.25. The minimum absolute atomic E-state index is 0.00645. The van der Waals surface area contributed by atoms with Gasteiger partial charge in [0.15, 0.2) is 17.3 Å². The van der Waals surface area contributed by atoms with Gasteiger partial charge in [-0.2, -0.15) is 0 Å². The highest BCUT2D eigenvalue weighted by molar-refractivity contribution is 6.28. The average molecular weight is 308 g/mol. The van der Waals surface area contributed by atoms with Gasteiger partial charge < -0.3 is 10.2 Å². The highest BCUT2D eigenvalue weighted by Crippen LogP contribution is 2.36. The number of hydrogen-bond donors (Lipinski definition) is 2. The summed E-state index contributed by atoms with van der Waals surface area (Å²) >= 11 is 0. The maximum Gasteiger partial charge on any atom is 0.251 e. The Morgan fingerprint density at radius 2 is 1.35 bits per heavy atom. The standard InChI is InChI=1S/C18H12O5/c19-15-6-5-9-7-12-13(8-14(9)18(15,22)23)17(21)11-4-2-1-3-10(11)16(12)20/h1-4,7-8,22-23H,5-6H2. The third-order valence-corrected chi connectivity index (χ3v) is 4.53. The molecule has 2 aliphatic carbocycles. The summed E-state index contributed by atoms with van der Waals surface area (Å²) in [5.74, 6) is -3.94. The van der Waals surface area contributed by atoms with Gasteiger partial charge in [-0.3, -0.25) is 14.4 Å². The molecule has 2 aromatic rings. The van der Waals surface area contributed by atoms with Gasteiger partial charge in [0.1, 0.15) is 0 Å². The lowest BCUT2D eigenvalue weighted by atomic mass is 9.77. The molecule has 0 heterocycles. The summed E-state index contributed by atoms with van der Waals surface area (Å²) in [5, 5.41) is 20.1. The molecule has 5 heteroatoms. The van der Waals surface area contributed by atoms with Crippen molar-refractivity contribution in [2.75, 3.05) is 0 Å². The molecule has 0 fully saturated rings. The van der Waals surface area contributed by atoms with Gasteiger partial charge in [0.05, 0.1) is 0 Å². The van der Waals surface area contributed by atoms with Crippen LogP contribution in [0.1, 0.15) is 49.4 Å². The second kappa shape index (κ2) is 4.44. The van der Waals surface area contributed by atoms with Crippen LogP contribution in [-0.2, 0) is 17.0 Å². The molecule has 23 heavy (non-hydrogen) atoms. The van der Waals surface area contributed by atoms with Gasteiger partial charge >= 0.3 is 0 Å². The number of fused-ring (bicyclic) bond motifs is 3. The Labute approximate surface area is 131 Å². The van der Waals surface area contributed by atoms with Gasteiger partial charge in [0.25, 0.3) is 5.79 Å². The zero-order valence-electron chi connectivity index (χ0n) is 12.0. The van der Waals surface area contributed by atoms with Gasteiger partial charge in [-0.05, 0) is 24.1 Å². The zero-order chi connectivity index (χ0) is 16.4. The van der Waals surface area contributed by atoms with Crippen molar-refractivity contribution in [1.29, 1.82) is 0 Å². The molecule has 4 rings (SSSR count). The SMILES string of the molecule is O=C1c2ccccc2C(=O)c2cc3c(cc21)CCC(=O)C3(O)O. The summed E-state index contributed by atoms with van der Waals surface area (Å²) < 4.78 is 0. The van der Waals surface area contributed by atoms with Gasteiger partial charge in [0, 0.05) is 34.2 Å². The van der Waals surface area contributed by atoms with E-state index in [0.29, 0.717) is 17.5 Å². The highest BCUT2D eigenvalue weighted by atomic mass is 16.5. The second-order valence-electron chi connectivity index (χ2n) is 5.85. The summed E-state index contributed by atoms with van der Waals surface area (Å²) in [7, 11) is 0. The zero-order valence-corrected chi connectivity index (χ0v) is 12.0. The smallest absolute Gasteiger partial charge is 0.251 e. The Kier molecular flexibility index (Phi) is 2.70. The van der Waals surface area contributed by atoms with Crippen LogP contribution in [0.15, 0.2) is 36.4 Å². The van der Waals surface area contributed by atoms with Crippen molar-refractivity contribution < 1.29 is 24.6 Å². The summed E-state index contributed by atoms with van der Waals surface area (Å²) in [6.45, 7) is 0. The van der Waals surface area contributed by atoms with E-state index < -0.39 is 11.6 Å². The van der Waals surface area contributed by atoms with Crippen molar-refractivity contribution in [1.82, 2.24) is 0 Å². The number of carbonyl (C=O) groups excluding carboxylic acids is 3. The van der Waals surface area contributed by atoms with Crippen LogP contribution in [0.5, 0.6) is 0 Å². The van der Waals surface area contributed by atoms with E-state index >= 15 is 0 Å². The van der Waals surface area contributed by atoms with E-state index in [-0.39, 0.29) is 40.2 Å². The van der Waals surface area contributed by atoms with E-state index in [1.54, 1.807) is 24.3 Å². The van der Waals surface area contributed by atoms with Crippen LogP contribution < -0.4 is 0 Å². The number of carbonyl (C=O) groups is 3.